The molecule has 1 aromatic carbocycles. The lowest BCUT2D eigenvalue weighted by Gasteiger charge is -2.47. The van der Waals surface area contributed by atoms with E-state index in [4.69, 9.17) is 0 Å². The number of nitrogens with one attached hydrogen (secondary N) is 1. The zero-order chi connectivity index (χ0) is 14.9. The number of rotatable bonds is 3. The minimum absolute atomic E-state index is 0.0225. The number of piperazine rings is 1. The summed E-state index contributed by atoms with van der Waals surface area (Å²) < 4.78 is 1.76. The third-order valence-electron chi connectivity index (χ3n) is 4.39. The predicted octanol–water partition coefficient (Wildman–Crippen LogP) is 1.52. The zero-order valence-electron chi connectivity index (χ0n) is 13.0. The van der Waals surface area contributed by atoms with Crippen molar-refractivity contribution < 1.29 is 0 Å². The van der Waals surface area contributed by atoms with Gasteiger partial charge >= 0.3 is 0 Å². The van der Waals surface area contributed by atoms with E-state index in [1.165, 1.54) is 5.56 Å². The van der Waals surface area contributed by atoms with Gasteiger partial charge in [0.2, 0.25) is 0 Å². The summed E-state index contributed by atoms with van der Waals surface area (Å²) in [5.74, 6) is 0. The monoisotopic (exact) mass is 285 g/mol. The average molecular weight is 285 g/mol. The first-order chi connectivity index (χ1) is 10.1. The van der Waals surface area contributed by atoms with Gasteiger partial charge in [-0.15, -0.1) is 5.10 Å². The molecule has 0 saturated carbocycles. The topological polar surface area (TPSA) is 46.0 Å². The van der Waals surface area contributed by atoms with Gasteiger partial charge in [-0.1, -0.05) is 35.5 Å². The number of benzene rings is 1. The van der Waals surface area contributed by atoms with Crippen LogP contribution in [0.4, 0.5) is 0 Å². The minimum Gasteiger partial charge on any atom is -0.311 e. The molecule has 112 valence electrons. The highest BCUT2D eigenvalue weighted by Crippen LogP contribution is 2.31. The Morgan fingerprint density at radius 2 is 2.10 bits per heavy atom. The molecule has 1 aliphatic rings. The normalized spacial score (nSPS) is 26.9. The van der Waals surface area contributed by atoms with Crippen LogP contribution in [0.2, 0.25) is 0 Å². The molecule has 21 heavy (non-hydrogen) atoms. The second-order valence-corrected chi connectivity index (χ2v) is 6.19. The van der Waals surface area contributed by atoms with Gasteiger partial charge in [-0.25, -0.2) is 0 Å². The first-order valence-corrected chi connectivity index (χ1v) is 7.47. The van der Waals surface area contributed by atoms with Crippen LogP contribution in [0.3, 0.4) is 0 Å². The quantitative estimate of drug-likeness (QED) is 0.929. The maximum absolute atomic E-state index is 4.25. The molecule has 1 aliphatic heterocycles. The van der Waals surface area contributed by atoms with Crippen LogP contribution in [0.1, 0.15) is 25.1 Å². The van der Waals surface area contributed by atoms with E-state index in [2.05, 4.69) is 64.7 Å². The van der Waals surface area contributed by atoms with Gasteiger partial charge in [-0.3, -0.25) is 9.58 Å². The molecular formula is C16H23N5. The van der Waals surface area contributed by atoms with E-state index in [-0.39, 0.29) is 5.54 Å². The molecule has 3 rings (SSSR count). The van der Waals surface area contributed by atoms with E-state index in [1.54, 1.807) is 4.68 Å². The fourth-order valence-electron chi connectivity index (χ4n) is 3.07. The fourth-order valence-corrected chi connectivity index (χ4v) is 3.07. The first-order valence-electron chi connectivity index (χ1n) is 7.47. The molecule has 2 aromatic rings. The lowest BCUT2D eigenvalue weighted by molar-refractivity contribution is 0.0447. The molecule has 0 amide bonds. The second kappa shape index (κ2) is 5.58. The largest absolute Gasteiger partial charge is 0.311 e. The first kappa shape index (κ1) is 14.2. The maximum atomic E-state index is 4.25. The molecule has 0 aliphatic carbocycles. The van der Waals surface area contributed by atoms with Crippen LogP contribution in [0.15, 0.2) is 36.5 Å². The Balaban J connectivity index is 1.89. The van der Waals surface area contributed by atoms with Gasteiger partial charge in [-0.2, -0.15) is 0 Å². The van der Waals surface area contributed by atoms with Gasteiger partial charge in [0.25, 0.3) is 0 Å². The van der Waals surface area contributed by atoms with Crippen molar-refractivity contribution in [2.24, 2.45) is 7.05 Å². The van der Waals surface area contributed by atoms with Crippen molar-refractivity contribution in [3.63, 3.8) is 0 Å². The van der Waals surface area contributed by atoms with Gasteiger partial charge in [0, 0.05) is 38.9 Å². The van der Waals surface area contributed by atoms with Crippen LogP contribution in [0, 0.1) is 0 Å². The number of aryl methyl sites for hydroxylation is 1. The molecule has 0 spiro atoms. The Morgan fingerprint density at radius 1 is 1.33 bits per heavy atom. The van der Waals surface area contributed by atoms with E-state index >= 15 is 0 Å². The van der Waals surface area contributed by atoms with E-state index in [9.17, 15) is 0 Å². The van der Waals surface area contributed by atoms with Gasteiger partial charge < -0.3 is 5.32 Å². The van der Waals surface area contributed by atoms with Crippen LogP contribution in [-0.4, -0.2) is 39.0 Å². The smallest absolute Gasteiger partial charge is 0.0967 e. The lowest BCUT2D eigenvalue weighted by atomic mass is 9.87. The highest BCUT2D eigenvalue weighted by molar-refractivity contribution is 5.25. The van der Waals surface area contributed by atoms with Crippen molar-refractivity contribution in [3.05, 3.63) is 47.8 Å². The zero-order valence-corrected chi connectivity index (χ0v) is 13.0. The molecule has 5 nitrogen and oxygen atoms in total. The molecule has 2 unspecified atom stereocenters. The summed E-state index contributed by atoms with van der Waals surface area (Å²) in [4.78, 5) is 2.51. The molecule has 0 bridgehead atoms. The van der Waals surface area contributed by atoms with E-state index in [0.29, 0.717) is 6.04 Å². The SMILES string of the molecule is CC1CN(Cc2cn(C)nn2)C(C)(c2ccccc2)CN1. The van der Waals surface area contributed by atoms with Crippen molar-refractivity contribution in [1.29, 1.82) is 0 Å². The van der Waals surface area contributed by atoms with Crippen LogP contribution in [0.25, 0.3) is 0 Å². The van der Waals surface area contributed by atoms with Crippen molar-refractivity contribution in [1.82, 2.24) is 25.2 Å². The Morgan fingerprint density at radius 3 is 2.76 bits per heavy atom. The van der Waals surface area contributed by atoms with Crippen LogP contribution >= 0.6 is 0 Å². The van der Waals surface area contributed by atoms with Gasteiger partial charge in [0.05, 0.1) is 11.2 Å². The maximum Gasteiger partial charge on any atom is 0.0967 e. The Bertz CT molecular complexity index is 594. The molecule has 1 aromatic heterocycles. The Hall–Kier alpha value is -1.72. The molecular weight excluding hydrogens is 262 g/mol. The molecule has 0 radical (unpaired) electrons. The number of aromatic nitrogens is 3. The van der Waals surface area contributed by atoms with E-state index in [0.717, 1.165) is 25.3 Å². The summed E-state index contributed by atoms with van der Waals surface area (Å²) in [5, 5.41) is 11.9. The molecule has 2 heterocycles. The molecule has 2 atom stereocenters. The van der Waals surface area contributed by atoms with Crippen LogP contribution in [0.5, 0.6) is 0 Å². The summed E-state index contributed by atoms with van der Waals surface area (Å²) >= 11 is 0. The third-order valence-corrected chi connectivity index (χ3v) is 4.39. The molecule has 1 N–H and O–H groups in total. The highest BCUT2D eigenvalue weighted by Gasteiger charge is 2.38. The standard InChI is InChI=1S/C16H23N5/c1-13-9-21(11-15-10-20(3)19-18-15)16(2,12-17-13)14-7-5-4-6-8-14/h4-8,10,13,17H,9,11-12H2,1-3H3. The molecule has 5 heteroatoms. The van der Waals surface area contributed by atoms with E-state index in [1.807, 2.05) is 13.2 Å². The van der Waals surface area contributed by atoms with Crippen LogP contribution < -0.4 is 5.32 Å². The minimum atomic E-state index is -0.0225. The fraction of sp³-hybridized carbons (Fsp3) is 0.500. The Labute approximate surface area is 126 Å². The van der Waals surface area contributed by atoms with Gasteiger partial charge in [0.1, 0.15) is 0 Å². The summed E-state index contributed by atoms with van der Waals surface area (Å²) in [7, 11) is 1.91. The number of hydrogen-bond acceptors (Lipinski definition) is 4. The van der Waals surface area contributed by atoms with Crippen molar-refractivity contribution in [2.45, 2.75) is 32.0 Å². The summed E-state index contributed by atoms with van der Waals surface area (Å²) in [6.45, 7) is 7.30. The number of nitrogens with zero attached hydrogens (tertiary/aromatic N) is 4. The number of hydrogen-bond donors (Lipinski definition) is 1. The van der Waals surface area contributed by atoms with Crippen molar-refractivity contribution >= 4 is 0 Å². The van der Waals surface area contributed by atoms with Crippen molar-refractivity contribution in [3.8, 4) is 0 Å². The average Bonchev–Trinajstić information content (AvgIpc) is 2.89. The highest BCUT2D eigenvalue weighted by atomic mass is 15.4. The van der Waals surface area contributed by atoms with E-state index < -0.39 is 0 Å². The predicted molar refractivity (Wildman–Crippen MR) is 82.7 cm³/mol. The summed E-state index contributed by atoms with van der Waals surface area (Å²) in [6, 6.07) is 11.2. The summed E-state index contributed by atoms with van der Waals surface area (Å²) in [6.07, 6.45) is 2.00. The van der Waals surface area contributed by atoms with Crippen molar-refractivity contribution in [2.75, 3.05) is 13.1 Å². The lowest BCUT2D eigenvalue weighted by Crippen LogP contribution is -2.60. The van der Waals surface area contributed by atoms with Gasteiger partial charge in [-0.05, 0) is 19.4 Å². The summed E-state index contributed by atoms with van der Waals surface area (Å²) in [5.41, 5.74) is 2.34. The second-order valence-electron chi connectivity index (χ2n) is 6.19. The Kier molecular flexibility index (Phi) is 3.78. The molecule has 1 fully saturated rings. The van der Waals surface area contributed by atoms with Gasteiger partial charge in [0.15, 0.2) is 0 Å². The third kappa shape index (κ3) is 2.84. The molecule has 1 saturated heterocycles. The van der Waals surface area contributed by atoms with Crippen LogP contribution in [-0.2, 0) is 19.1 Å².